The second-order valence-corrected chi connectivity index (χ2v) is 9.60. The molecule has 2 rings (SSSR count). The molecule has 8 heteroatoms. The summed E-state index contributed by atoms with van der Waals surface area (Å²) >= 11 is 10.2. The van der Waals surface area contributed by atoms with Crippen LogP contribution in [0.3, 0.4) is 0 Å². The van der Waals surface area contributed by atoms with Crippen LogP contribution in [-0.4, -0.2) is 42.6 Å². The third-order valence-electron chi connectivity index (χ3n) is 3.44. The van der Waals surface area contributed by atoms with Crippen molar-refractivity contribution in [3.05, 3.63) is 28.2 Å². The Morgan fingerprint density at radius 3 is 2.86 bits per heavy atom. The first kappa shape index (κ1) is 17.1. The predicted molar refractivity (Wildman–Crippen MR) is 97.9 cm³/mol. The molecule has 0 saturated carbocycles. The van der Waals surface area contributed by atoms with Crippen LogP contribution in [0, 0.1) is 0 Å². The SMILES string of the molecule is CCS(=O)(=O)C1CSCCN1c1ccc(C(N)=S)cc1Br. The molecule has 2 N–H and O–H groups in total. The molecule has 1 atom stereocenters. The summed E-state index contributed by atoms with van der Waals surface area (Å²) in [6, 6.07) is 5.56. The number of nitrogens with zero attached hydrogens (tertiary/aromatic N) is 1. The maximum atomic E-state index is 12.3. The van der Waals surface area contributed by atoms with E-state index in [0.717, 1.165) is 21.5 Å². The summed E-state index contributed by atoms with van der Waals surface area (Å²) in [6.45, 7) is 2.40. The van der Waals surface area contributed by atoms with Gasteiger partial charge in [-0.15, -0.1) is 0 Å². The molecule has 1 saturated heterocycles. The number of sulfone groups is 1. The summed E-state index contributed by atoms with van der Waals surface area (Å²) in [5.41, 5.74) is 7.27. The van der Waals surface area contributed by atoms with Gasteiger partial charge in [0.25, 0.3) is 0 Å². The average Bonchev–Trinajstić information content (AvgIpc) is 2.47. The number of hydrogen-bond donors (Lipinski definition) is 1. The van der Waals surface area contributed by atoms with Crippen molar-refractivity contribution >= 4 is 60.4 Å². The highest BCUT2D eigenvalue weighted by atomic mass is 79.9. The molecular weight excluding hydrogens is 392 g/mol. The molecule has 0 aliphatic carbocycles. The van der Waals surface area contributed by atoms with Gasteiger partial charge in [-0.1, -0.05) is 19.1 Å². The molecular formula is C13H17BrN2O2S3. The fraction of sp³-hybridized carbons (Fsp3) is 0.462. The van der Waals surface area contributed by atoms with E-state index in [1.165, 1.54) is 0 Å². The number of hydrogen-bond acceptors (Lipinski definition) is 5. The van der Waals surface area contributed by atoms with Gasteiger partial charge in [0.15, 0.2) is 9.84 Å². The van der Waals surface area contributed by atoms with Crippen molar-refractivity contribution < 1.29 is 8.42 Å². The lowest BCUT2D eigenvalue weighted by Crippen LogP contribution is -2.48. The Kier molecular flexibility index (Phi) is 5.56. The zero-order chi connectivity index (χ0) is 15.6. The van der Waals surface area contributed by atoms with Crippen LogP contribution in [-0.2, 0) is 9.84 Å². The maximum absolute atomic E-state index is 12.3. The second kappa shape index (κ2) is 6.85. The summed E-state index contributed by atoms with van der Waals surface area (Å²) in [7, 11) is -3.13. The number of halogens is 1. The van der Waals surface area contributed by atoms with E-state index in [2.05, 4.69) is 15.9 Å². The Bertz CT molecular complexity index is 649. The van der Waals surface area contributed by atoms with Crippen LogP contribution in [0.25, 0.3) is 0 Å². The van der Waals surface area contributed by atoms with Gasteiger partial charge in [-0.3, -0.25) is 0 Å². The minimum Gasteiger partial charge on any atom is -0.389 e. The molecule has 1 aliphatic heterocycles. The lowest BCUT2D eigenvalue weighted by molar-refractivity contribution is 0.579. The van der Waals surface area contributed by atoms with Crippen LogP contribution >= 0.6 is 39.9 Å². The topological polar surface area (TPSA) is 63.4 Å². The Morgan fingerprint density at radius 2 is 2.29 bits per heavy atom. The fourth-order valence-corrected chi connectivity index (χ4v) is 5.96. The van der Waals surface area contributed by atoms with Crippen molar-refractivity contribution in [1.29, 1.82) is 0 Å². The molecule has 0 radical (unpaired) electrons. The number of rotatable bonds is 4. The zero-order valence-corrected chi connectivity index (χ0v) is 15.6. The van der Waals surface area contributed by atoms with Gasteiger partial charge >= 0.3 is 0 Å². The lowest BCUT2D eigenvalue weighted by Gasteiger charge is -2.37. The Morgan fingerprint density at radius 1 is 1.57 bits per heavy atom. The molecule has 1 aliphatic rings. The van der Waals surface area contributed by atoms with E-state index in [4.69, 9.17) is 18.0 Å². The number of thiocarbonyl (C=S) groups is 1. The van der Waals surface area contributed by atoms with Crippen molar-refractivity contribution in [2.75, 3.05) is 28.7 Å². The van der Waals surface area contributed by atoms with Gasteiger partial charge in [0.2, 0.25) is 0 Å². The van der Waals surface area contributed by atoms with Gasteiger partial charge in [-0.05, 0) is 34.1 Å². The Hall–Kier alpha value is -0.310. The van der Waals surface area contributed by atoms with Crippen molar-refractivity contribution in [1.82, 2.24) is 0 Å². The molecule has 1 fully saturated rings. The first-order valence-electron chi connectivity index (χ1n) is 6.52. The van der Waals surface area contributed by atoms with Crippen molar-refractivity contribution in [3.8, 4) is 0 Å². The minimum absolute atomic E-state index is 0.150. The van der Waals surface area contributed by atoms with Gasteiger partial charge < -0.3 is 10.6 Å². The summed E-state index contributed by atoms with van der Waals surface area (Å²) in [4.78, 5) is 2.29. The predicted octanol–water partition coefficient (Wildman–Crippen LogP) is 2.40. The molecule has 0 aromatic heterocycles. The van der Waals surface area contributed by atoms with Crippen LogP contribution in [0.15, 0.2) is 22.7 Å². The molecule has 0 bridgehead atoms. The van der Waals surface area contributed by atoms with E-state index >= 15 is 0 Å². The summed E-state index contributed by atoms with van der Waals surface area (Å²) < 4.78 is 25.4. The largest absolute Gasteiger partial charge is 0.389 e. The first-order chi connectivity index (χ1) is 9.86. The second-order valence-electron chi connectivity index (χ2n) is 4.70. The Labute approximate surface area is 143 Å². The van der Waals surface area contributed by atoms with Crippen LogP contribution in [0.5, 0.6) is 0 Å². The number of nitrogens with two attached hydrogens (primary N) is 1. The highest BCUT2D eigenvalue weighted by Crippen LogP contribution is 2.33. The lowest BCUT2D eigenvalue weighted by atomic mass is 10.2. The molecule has 116 valence electrons. The molecule has 1 aromatic rings. The van der Waals surface area contributed by atoms with E-state index in [-0.39, 0.29) is 5.75 Å². The van der Waals surface area contributed by atoms with E-state index in [1.807, 2.05) is 23.1 Å². The number of thioether (sulfide) groups is 1. The maximum Gasteiger partial charge on any atom is 0.171 e. The van der Waals surface area contributed by atoms with Crippen LogP contribution in [0.2, 0.25) is 0 Å². The summed E-state index contributed by atoms with van der Waals surface area (Å²) in [5, 5.41) is -0.478. The zero-order valence-electron chi connectivity index (χ0n) is 11.6. The average molecular weight is 409 g/mol. The molecule has 21 heavy (non-hydrogen) atoms. The summed E-state index contributed by atoms with van der Waals surface area (Å²) in [6.07, 6.45) is 0. The molecule has 1 unspecified atom stereocenters. The third kappa shape index (κ3) is 3.72. The van der Waals surface area contributed by atoms with E-state index in [0.29, 0.717) is 17.3 Å². The number of benzene rings is 1. The normalized spacial score (nSPS) is 19.5. The van der Waals surface area contributed by atoms with Crippen molar-refractivity contribution in [3.63, 3.8) is 0 Å². The van der Waals surface area contributed by atoms with Gasteiger partial charge in [-0.25, -0.2) is 8.42 Å². The fourth-order valence-electron chi connectivity index (χ4n) is 2.24. The molecule has 0 spiro atoms. The highest BCUT2D eigenvalue weighted by molar-refractivity contribution is 9.10. The number of anilines is 1. The summed E-state index contributed by atoms with van der Waals surface area (Å²) in [5.74, 6) is 1.66. The first-order valence-corrected chi connectivity index (χ1v) is 10.6. The van der Waals surface area contributed by atoms with E-state index < -0.39 is 15.2 Å². The van der Waals surface area contributed by atoms with Crippen LogP contribution < -0.4 is 10.6 Å². The van der Waals surface area contributed by atoms with Gasteiger partial charge in [0.1, 0.15) is 10.4 Å². The highest BCUT2D eigenvalue weighted by Gasteiger charge is 2.33. The van der Waals surface area contributed by atoms with Gasteiger partial charge in [0, 0.05) is 33.8 Å². The van der Waals surface area contributed by atoms with E-state index in [9.17, 15) is 8.42 Å². The van der Waals surface area contributed by atoms with Crippen LogP contribution in [0.1, 0.15) is 12.5 Å². The monoisotopic (exact) mass is 408 g/mol. The van der Waals surface area contributed by atoms with Gasteiger partial charge in [-0.2, -0.15) is 11.8 Å². The van der Waals surface area contributed by atoms with Gasteiger partial charge in [0.05, 0.1) is 5.69 Å². The minimum atomic E-state index is -3.13. The smallest absolute Gasteiger partial charge is 0.171 e. The standard InChI is InChI=1S/C13H17BrN2O2S3/c1-2-21(17,18)12-8-20-6-5-16(12)11-4-3-9(13(15)19)7-10(11)14/h3-4,7,12H,2,5-6,8H2,1H3,(H2,15,19). The molecule has 1 heterocycles. The Balaban J connectivity index is 2.40. The molecule has 4 nitrogen and oxygen atoms in total. The van der Waals surface area contributed by atoms with Crippen molar-refractivity contribution in [2.45, 2.75) is 12.3 Å². The third-order valence-corrected chi connectivity index (χ3v) is 7.60. The molecule has 0 amide bonds. The quantitative estimate of drug-likeness (QED) is 0.771. The van der Waals surface area contributed by atoms with Crippen molar-refractivity contribution in [2.24, 2.45) is 5.73 Å². The molecule has 1 aromatic carbocycles. The van der Waals surface area contributed by atoms with E-state index in [1.54, 1.807) is 18.7 Å². The van der Waals surface area contributed by atoms with Crippen LogP contribution in [0.4, 0.5) is 5.69 Å².